The van der Waals surface area contributed by atoms with E-state index in [-0.39, 0.29) is 5.54 Å². The Morgan fingerprint density at radius 1 is 1.37 bits per heavy atom. The van der Waals surface area contributed by atoms with Crippen molar-refractivity contribution in [1.29, 1.82) is 0 Å². The maximum atomic E-state index is 4.52. The molecule has 104 valence electrons. The van der Waals surface area contributed by atoms with Crippen molar-refractivity contribution in [1.82, 2.24) is 15.3 Å². The number of nitrogens with one attached hydrogen (secondary N) is 1. The molecule has 2 atom stereocenters. The average molecular weight is 260 g/mol. The minimum atomic E-state index is 0.187. The van der Waals surface area contributed by atoms with Gasteiger partial charge >= 0.3 is 0 Å². The van der Waals surface area contributed by atoms with Crippen molar-refractivity contribution >= 4 is 5.82 Å². The summed E-state index contributed by atoms with van der Waals surface area (Å²) in [6, 6.07) is 2.18. The third-order valence-corrected chi connectivity index (χ3v) is 4.85. The molecule has 4 nitrogen and oxygen atoms in total. The summed E-state index contributed by atoms with van der Waals surface area (Å²) < 4.78 is 0. The summed E-state index contributed by atoms with van der Waals surface area (Å²) in [4.78, 5) is 11.4. The molecule has 0 aromatic carbocycles. The lowest BCUT2D eigenvalue weighted by Gasteiger charge is -2.36. The second kappa shape index (κ2) is 4.75. The number of aromatic nitrogens is 2. The van der Waals surface area contributed by atoms with Gasteiger partial charge in [-0.2, -0.15) is 0 Å². The van der Waals surface area contributed by atoms with Gasteiger partial charge in [0, 0.05) is 36.9 Å². The van der Waals surface area contributed by atoms with Crippen molar-refractivity contribution in [2.45, 2.75) is 39.2 Å². The Balaban J connectivity index is 1.88. The molecular weight excluding hydrogens is 236 g/mol. The average Bonchev–Trinajstić information content (AvgIpc) is 2.93. The molecule has 19 heavy (non-hydrogen) atoms. The van der Waals surface area contributed by atoms with E-state index in [1.807, 2.05) is 0 Å². The summed E-state index contributed by atoms with van der Waals surface area (Å²) in [7, 11) is 0. The van der Waals surface area contributed by atoms with E-state index >= 15 is 0 Å². The van der Waals surface area contributed by atoms with Gasteiger partial charge in [-0.1, -0.05) is 13.3 Å². The van der Waals surface area contributed by atoms with Crippen molar-refractivity contribution in [2.75, 3.05) is 24.5 Å². The largest absolute Gasteiger partial charge is 0.351 e. The number of hydrogen-bond acceptors (Lipinski definition) is 4. The van der Waals surface area contributed by atoms with Gasteiger partial charge in [-0.3, -0.25) is 0 Å². The lowest BCUT2D eigenvalue weighted by atomic mass is 9.85. The quantitative estimate of drug-likeness (QED) is 0.900. The molecule has 0 spiro atoms. The lowest BCUT2D eigenvalue weighted by Crippen LogP contribution is -2.45. The van der Waals surface area contributed by atoms with Crippen LogP contribution in [0.3, 0.4) is 0 Å². The number of anilines is 1. The van der Waals surface area contributed by atoms with Crippen molar-refractivity contribution < 1.29 is 0 Å². The molecule has 0 bridgehead atoms. The van der Waals surface area contributed by atoms with E-state index in [2.05, 4.69) is 47.0 Å². The van der Waals surface area contributed by atoms with Crippen molar-refractivity contribution in [3.05, 3.63) is 18.1 Å². The fourth-order valence-corrected chi connectivity index (χ4v) is 3.74. The van der Waals surface area contributed by atoms with Gasteiger partial charge in [0.1, 0.15) is 12.1 Å². The molecule has 0 saturated carbocycles. The van der Waals surface area contributed by atoms with Gasteiger partial charge in [-0.15, -0.1) is 0 Å². The molecule has 1 aromatic heterocycles. The highest BCUT2D eigenvalue weighted by atomic mass is 15.3. The third kappa shape index (κ3) is 2.12. The molecule has 3 rings (SSSR count). The Hall–Kier alpha value is -1.16. The summed E-state index contributed by atoms with van der Waals surface area (Å²) in [6.45, 7) is 10.3. The van der Waals surface area contributed by atoms with Crippen LogP contribution in [0.25, 0.3) is 0 Å². The van der Waals surface area contributed by atoms with E-state index in [1.54, 1.807) is 6.33 Å². The fraction of sp³-hybridized carbons (Fsp3) is 0.733. The summed E-state index contributed by atoms with van der Waals surface area (Å²) >= 11 is 0. The van der Waals surface area contributed by atoms with Crippen molar-refractivity contribution in [2.24, 2.45) is 11.8 Å². The summed E-state index contributed by atoms with van der Waals surface area (Å²) in [5.74, 6) is 2.61. The number of nitrogens with zero attached hydrogens (tertiary/aromatic N) is 3. The van der Waals surface area contributed by atoms with Crippen molar-refractivity contribution in [3.8, 4) is 0 Å². The third-order valence-electron chi connectivity index (χ3n) is 4.85. The van der Waals surface area contributed by atoms with Crippen LogP contribution in [-0.4, -0.2) is 35.1 Å². The molecule has 1 aromatic rings. The highest BCUT2D eigenvalue weighted by Gasteiger charge is 2.49. The second-order valence-electron chi connectivity index (χ2n) is 6.41. The van der Waals surface area contributed by atoms with Gasteiger partial charge in [0.15, 0.2) is 0 Å². The number of hydrogen-bond donors (Lipinski definition) is 1. The number of rotatable bonds is 3. The molecular formula is C15H24N4. The number of fused-ring (bicyclic) bond motifs is 1. The highest BCUT2D eigenvalue weighted by molar-refractivity contribution is 5.45. The van der Waals surface area contributed by atoms with Crippen LogP contribution in [0.2, 0.25) is 0 Å². The standard InChI is InChI=1S/C15H24N4/c1-4-5-12-6-14(18-10-17-12)19-9-11-7-16-8-13(11)15(19,2)3/h6,10-11,13,16H,4-5,7-9H2,1-3H3. The van der Waals surface area contributed by atoms with Crippen LogP contribution in [0, 0.1) is 11.8 Å². The maximum absolute atomic E-state index is 4.52. The van der Waals surface area contributed by atoms with Crippen LogP contribution >= 0.6 is 0 Å². The van der Waals surface area contributed by atoms with Gasteiger partial charge in [-0.05, 0) is 32.1 Å². The summed E-state index contributed by atoms with van der Waals surface area (Å²) in [6.07, 6.45) is 3.90. The van der Waals surface area contributed by atoms with Crippen LogP contribution < -0.4 is 10.2 Å². The van der Waals surface area contributed by atoms with E-state index in [9.17, 15) is 0 Å². The molecule has 1 N–H and O–H groups in total. The Morgan fingerprint density at radius 3 is 2.95 bits per heavy atom. The van der Waals surface area contributed by atoms with Crippen molar-refractivity contribution in [3.63, 3.8) is 0 Å². The molecule has 2 aliphatic heterocycles. The molecule has 4 heteroatoms. The predicted molar refractivity (Wildman–Crippen MR) is 77.3 cm³/mol. The van der Waals surface area contributed by atoms with Crippen LogP contribution in [0.15, 0.2) is 12.4 Å². The lowest BCUT2D eigenvalue weighted by molar-refractivity contribution is 0.356. The van der Waals surface area contributed by atoms with Crippen LogP contribution in [0.5, 0.6) is 0 Å². The summed E-state index contributed by atoms with van der Waals surface area (Å²) in [5, 5.41) is 3.52. The van der Waals surface area contributed by atoms with E-state index in [1.165, 1.54) is 5.69 Å². The van der Waals surface area contributed by atoms with Gasteiger partial charge in [-0.25, -0.2) is 9.97 Å². The first-order chi connectivity index (χ1) is 9.13. The van der Waals surface area contributed by atoms with E-state index in [0.29, 0.717) is 0 Å². The topological polar surface area (TPSA) is 41.0 Å². The van der Waals surface area contributed by atoms with E-state index in [4.69, 9.17) is 0 Å². The van der Waals surface area contributed by atoms with Gasteiger partial charge in [0.05, 0.1) is 0 Å². The molecule has 2 saturated heterocycles. The molecule has 2 aliphatic rings. The summed E-state index contributed by atoms with van der Waals surface area (Å²) in [5.41, 5.74) is 1.35. The zero-order chi connectivity index (χ0) is 13.5. The first-order valence-electron chi connectivity index (χ1n) is 7.42. The van der Waals surface area contributed by atoms with E-state index in [0.717, 1.165) is 50.1 Å². The molecule has 0 radical (unpaired) electrons. The first-order valence-corrected chi connectivity index (χ1v) is 7.42. The van der Waals surface area contributed by atoms with Crippen LogP contribution in [-0.2, 0) is 6.42 Å². The first kappa shape index (κ1) is 12.9. The molecule has 2 unspecified atom stereocenters. The predicted octanol–water partition coefficient (Wildman–Crippen LogP) is 1.86. The molecule has 0 amide bonds. The van der Waals surface area contributed by atoms with Crippen LogP contribution in [0.4, 0.5) is 5.82 Å². The Kier molecular flexibility index (Phi) is 3.21. The Morgan fingerprint density at radius 2 is 2.21 bits per heavy atom. The fourth-order valence-electron chi connectivity index (χ4n) is 3.74. The van der Waals surface area contributed by atoms with Gasteiger partial charge < -0.3 is 10.2 Å². The zero-order valence-corrected chi connectivity index (χ0v) is 12.2. The smallest absolute Gasteiger partial charge is 0.132 e. The maximum Gasteiger partial charge on any atom is 0.132 e. The Bertz CT molecular complexity index is 457. The van der Waals surface area contributed by atoms with E-state index < -0.39 is 0 Å². The monoisotopic (exact) mass is 260 g/mol. The highest BCUT2D eigenvalue weighted by Crippen LogP contribution is 2.42. The van der Waals surface area contributed by atoms with Gasteiger partial charge in [0.2, 0.25) is 0 Å². The zero-order valence-electron chi connectivity index (χ0n) is 12.2. The molecule has 0 aliphatic carbocycles. The minimum absolute atomic E-state index is 0.187. The molecule has 3 heterocycles. The number of aryl methyl sites for hydroxylation is 1. The Labute approximate surface area is 115 Å². The molecule has 2 fully saturated rings. The van der Waals surface area contributed by atoms with Gasteiger partial charge in [0.25, 0.3) is 0 Å². The SMILES string of the molecule is CCCc1cc(N2CC3CNCC3C2(C)C)ncn1. The van der Waals surface area contributed by atoms with Crippen LogP contribution in [0.1, 0.15) is 32.9 Å². The minimum Gasteiger partial charge on any atom is -0.351 e. The normalized spacial score (nSPS) is 28.7. The second-order valence-corrected chi connectivity index (χ2v) is 6.41.